The predicted molar refractivity (Wildman–Crippen MR) is 95.6 cm³/mol. The Balaban J connectivity index is 1.92. The first-order valence-electron chi connectivity index (χ1n) is 7.40. The molecular formula is C16H18N4O3S. The van der Waals surface area contributed by atoms with Crippen LogP contribution in [-0.2, 0) is 4.79 Å². The molecule has 0 bridgehead atoms. The van der Waals surface area contributed by atoms with Crippen molar-refractivity contribution in [3.63, 3.8) is 0 Å². The van der Waals surface area contributed by atoms with E-state index in [9.17, 15) is 14.9 Å². The Morgan fingerprint density at radius 3 is 2.62 bits per heavy atom. The van der Waals surface area contributed by atoms with E-state index < -0.39 is 11.0 Å². The van der Waals surface area contributed by atoms with Crippen molar-refractivity contribution in [3.8, 4) is 0 Å². The number of benzene rings is 1. The standard InChI is InChI=1S/C16H18N4O3S/c1-3-14(18-12-6-4-11(2)5-7-12)16(21)19-17-10-13-8-9-15(24-13)20(22)23/h4-10,14,18H,3H2,1-2H3,(H,19,21)/b17-10-/t14-/m0/s1. The Hall–Kier alpha value is -2.74. The number of carbonyl (C=O) groups is 1. The van der Waals surface area contributed by atoms with Gasteiger partial charge >= 0.3 is 5.00 Å². The summed E-state index contributed by atoms with van der Waals surface area (Å²) in [5.41, 5.74) is 4.46. The summed E-state index contributed by atoms with van der Waals surface area (Å²) in [5, 5.41) is 17.7. The molecule has 0 unspecified atom stereocenters. The second kappa shape index (κ2) is 8.21. The number of aryl methyl sites for hydroxylation is 1. The molecule has 1 amide bonds. The van der Waals surface area contributed by atoms with Gasteiger partial charge in [0.2, 0.25) is 0 Å². The van der Waals surface area contributed by atoms with Gasteiger partial charge in [0.15, 0.2) is 0 Å². The van der Waals surface area contributed by atoms with E-state index in [1.54, 1.807) is 6.07 Å². The van der Waals surface area contributed by atoms with Crippen LogP contribution in [0.3, 0.4) is 0 Å². The zero-order valence-electron chi connectivity index (χ0n) is 13.4. The lowest BCUT2D eigenvalue weighted by molar-refractivity contribution is -0.380. The molecule has 7 nitrogen and oxygen atoms in total. The summed E-state index contributed by atoms with van der Waals surface area (Å²) in [6.45, 7) is 3.90. The minimum Gasteiger partial charge on any atom is -0.374 e. The van der Waals surface area contributed by atoms with Crippen LogP contribution in [0.4, 0.5) is 10.7 Å². The van der Waals surface area contributed by atoms with Gasteiger partial charge < -0.3 is 5.32 Å². The number of thiophene rings is 1. The van der Waals surface area contributed by atoms with Crippen LogP contribution < -0.4 is 10.7 Å². The minimum absolute atomic E-state index is 0.0373. The molecular weight excluding hydrogens is 328 g/mol. The van der Waals surface area contributed by atoms with Crippen LogP contribution in [0, 0.1) is 17.0 Å². The highest BCUT2D eigenvalue weighted by atomic mass is 32.1. The normalized spacial score (nSPS) is 12.1. The van der Waals surface area contributed by atoms with Crippen LogP contribution in [0.15, 0.2) is 41.5 Å². The van der Waals surface area contributed by atoms with Crippen molar-refractivity contribution in [2.24, 2.45) is 5.10 Å². The molecule has 0 aliphatic carbocycles. The number of hydrazone groups is 1. The second-order valence-electron chi connectivity index (χ2n) is 5.14. The highest BCUT2D eigenvalue weighted by molar-refractivity contribution is 7.16. The van der Waals surface area contributed by atoms with E-state index in [1.807, 2.05) is 38.1 Å². The Bertz CT molecular complexity index is 740. The maximum absolute atomic E-state index is 12.2. The molecule has 0 saturated heterocycles. The molecule has 8 heteroatoms. The molecule has 0 aliphatic rings. The summed E-state index contributed by atoms with van der Waals surface area (Å²) in [4.78, 5) is 22.9. The van der Waals surface area contributed by atoms with Gasteiger partial charge in [0.25, 0.3) is 5.91 Å². The van der Waals surface area contributed by atoms with Crippen molar-refractivity contribution in [3.05, 3.63) is 57.0 Å². The van der Waals surface area contributed by atoms with Gasteiger partial charge in [-0.15, -0.1) is 0 Å². The number of nitro groups is 1. The molecule has 24 heavy (non-hydrogen) atoms. The number of carbonyl (C=O) groups excluding carboxylic acids is 1. The number of rotatable bonds is 7. The molecule has 0 spiro atoms. The maximum Gasteiger partial charge on any atom is 0.324 e. The van der Waals surface area contributed by atoms with Crippen molar-refractivity contribution in [1.29, 1.82) is 0 Å². The summed E-state index contributed by atoms with van der Waals surface area (Å²) in [5.74, 6) is -0.264. The molecule has 0 saturated carbocycles. The van der Waals surface area contributed by atoms with Gasteiger partial charge in [-0.1, -0.05) is 36.0 Å². The molecule has 2 N–H and O–H groups in total. The maximum atomic E-state index is 12.2. The Morgan fingerprint density at radius 2 is 2.04 bits per heavy atom. The predicted octanol–water partition coefficient (Wildman–Crippen LogP) is 3.31. The second-order valence-corrected chi connectivity index (χ2v) is 6.23. The highest BCUT2D eigenvalue weighted by Gasteiger charge is 2.15. The number of anilines is 1. The first-order valence-corrected chi connectivity index (χ1v) is 8.21. The summed E-state index contributed by atoms with van der Waals surface area (Å²) >= 11 is 0.995. The number of nitrogens with one attached hydrogen (secondary N) is 2. The summed E-state index contributed by atoms with van der Waals surface area (Å²) in [7, 11) is 0. The fourth-order valence-corrected chi connectivity index (χ4v) is 2.64. The minimum atomic E-state index is -0.459. The van der Waals surface area contributed by atoms with Crippen LogP contribution in [-0.4, -0.2) is 23.1 Å². The molecule has 0 radical (unpaired) electrons. The molecule has 1 atom stereocenters. The zero-order chi connectivity index (χ0) is 17.5. The first kappa shape index (κ1) is 17.6. The molecule has 2 aromatic rings. The molecule has 0 fully saturated rings. The van der Waals surface area contributed by atoms with Crippen LogP contribution in [0.5, 0.6) is 0 Å². The SMILES string of the molecule is CC[C@H](Nc1ccc(C)cc1)C(=O)N/N=C\c1ccc([N+](=O)[O-])s1. The number of amides is 1. The van der Waals surface area contributed by atoms with Gasteiger partial charge in [-0.3, -0.25) is 14.9 Å². The van der Waals surface area contributed by atoms with E-state index in [0.29, 0.717) is 11.3 Å². The van der Waals surface area contributed by atoms with Crippen LogP contribution in [0.1, 0.15) is 23.8 Å². The van der Waals surface area contributed by atoms with E-state index in [4.69, 9.17) is 0 Å². The highest BCUT2D eigenvalue weighted by Crippen LogP contribution is 2.22. The quantitative estimate of drug-likeness (QED) is 0.457. The van der Waals surface area contributed by atoms with Crippen molar-refractivity contribution < 1.29 is 9.72 Å². The summed E-state index contributed by atoms with van der Waals surface area (Å²) < 4.78 is 0. The fraction of sp³-hybridized carbons (Fsp3) is 0.250. The Labute approximate surface area is 143 Å². The average molecular weight is 346 g/mol. The lowest BCUT2D eigenvalue weighted by Gasteiger charge is -2.16. The lowest BCUT2D eigenvalue weighted by atomic mass is 10.1. The van der Waals surface area contributed by atoms with Crippen LogP contribution >= 0.6 is 11.3 Å². The van der Waals surface area contributed by atoms with Crippen molar-refractivity contribution in [2.75, 3.05) is 5.32 Å². The van der Waals surface area contributed by atoms with Crippen LogP contribution in [0.25, 0.3) is 0 Å². The topological polar surface area (TPSA) is 96.6 Å². The van der Waals surface area contributed by atoms with Gasteiger partial charge in [-0.05, 0) is 31.5 Å². The van der Waals surface area contributed by atoms with E-state index in [2.05, 4.69) is 15.8 Å². The van der Waals surface area contributed by atoms with Crippen molar-refractivity contribution in [1.82, 2.24) is 5.43 Å². The van der Waals surface area contributed by atoms with E-state index in [-0.39, 0.29) is 10.9 Å². The van der Waals surface area contributed by atoms with Gasteiger partial charge in [-0.25, -0.2) is 5.43 Å². The third-order valence-corrected chi connectivity index (χ3v) is 4.25. The lowest BCUT2D eigenvalue weighted by Crippen LogP contribution is -2.36. The average Bonchev–Trinajstić information content (AvgIpc) is 3.03. The Kier molecular flexibility index (Phi) is 6.02. The van der Waals surface area contributed by atoms with Gasteiger partial charge in [-0.2, -0.15) is 5.10 Å². The smallest absolute Gasteiger partial charge is 0.324 e. The summed E-state index contributed by atoms with van der Waals surface area (Å²) in [6.07, 6.45) is 1.99. The largest absolute Gasteiger partial charge is 0.374 e. The van der Waals surface area contributed by atoms with Gasteiger partial charge in [0.05, 0.1) is 16.0 Å². The number of hydrogen-bond donors (Lipinski definition) is 2. The van der Waals surface area contributed by atoms with Gasteiger partial charge in [0, 0.05) is 11.8 Å². The third-order valence-electron chi connectivity index (χ3n) is 3.28. The molecule has 126 valence electrons. The van der Waals surface area contributed by atoms with Crippen molar-refractivity contribution in [2.45, 2.75) is 26.3 Å². The number of hydrogen-bond acceptors (Lipinski definition) is 6. The first-order chi connectivity index (χ1) is 11.5. The molecule has 2 rings (SSSR count). The van der Waals surface area contributed by atoms with Crippen molar-refractivity contribution >= 4 is 34.1 Å². The number of nitrogens with zero attached hydrogens (tertiary/aromatic N) is 2. The fourth-order valence-electron chi connectivity index (χ4n) is 1.95. The van der Waals surface area contributed by atoms with E-state index >= 15 is 0 Å². The zero-order valence-corrected chi connectivity index (χ0v) is 14.2. The van der Waals surface area contributed by atoms with Gasteiger partial charge in [0.1, 0.15) is 6.04 Å². The summed E-state index contributed by atoms with van der Waals surface area (Å²) in [6, 6.07) is 10.3. The monoisotopic (exact) mass is 346 g/mol. The molecule has 1 aromatic heterocycles. The van der Waals surface area contributed by atoms with Crippen LogP contribution in [0.2, 0.25) is 0 Å². The third kappa shape index (κ3) is 4.88. The van der Waals surface area contributed by atoms with E-state index in [0.717, 1.165) is 22.6 Å². The molecule has 1 heterocycles. The molecule has 0 aliphatic heterocycles. The Morgan fingerprint density at radius 1 is 1.33 bits per heavy atom. The van der Waals surface area contributed by atoms with E-state index in [1.165, 1.54) is 12.3 Å². The molecule has 1 aromatic carbocycles.